The van der Waals surface area contributed by atoms with Crippen LogP contribution in [0.5, 0.6) is 5.75 Å². The van der Waals surface area contributed by atoms with Crippen molar-refractivity contribution < 1.29 is 9.13 Å². The van der Waals surface area contributed by atoms with Gasteiger partial charge in [0.2, 0.25) is 0 Å². The van der Waals surface area contributed by atoms with Gasteiger partial charge in [0.25, 0.3) is 5.56 Å². The number of fused-ring (bicyclic) bond motifs is 1. The maximum Gasteiger partial charge on any atom is 0.250 e. The molecule has 0 saturated carbocycles. The van der Waals surface area contributed by atoms with Crippen molar-refractivity contribution in [2.24, 2.45) is 7.05 Å². The summed E-state index contributed by atoms with van der Waals surface area (Å²) >= 11 is 0. The van der Waals surface area contributed by atoms with Gasteiger partial charge in [0, 0.05) is 13.1 Å². The van der Waals surface area contributed by atoms with Crippen LogP contribution in [0.2, 0.25) is 0 Å². The van der Waals surface area contributed by atoms with Crippen LogP contribution < -0.4 is 10.3 Å². The molecular weight excluding hydrogens is 269 g/mol. The highest BCUT2D eigenvalue weighted by atomic mass is 19.1. The van der Waals surface area contributed by atoms with Crippen molar-refractivity contribution in [1.29, 1.82) is 0 Å². The van der Waals surface area contributed by atoms with E-state index in [9.17, 15) is 9.18 Å². The summed E-state index contributed by atoms with van der Waals surface area (Å²) in [5, 5.41) is 0.960. The molecular formula is C17H13FNO2. The summed E-state index contributed by atoms with van der Waals surface area (Å²) in [6.45, 7) is 0.318. The lowest BCUT2D eigenvalue weighted by Gasteiger charge is -2.08. The number of nitrogens with zero attached hydrogens (tertiary/aromatic N) is 1. The highest BCUT2D eigenvalue weighted by Crippen LogP contribution is 2.17. The zero-order valence-electron chi connectivity index (χ0n) is 11.5. The first-order chi connectivity index (χ1) is 10.1. The molecule has 0 bridgehead atoms. The number of ether oxygens (including phenoxy) is 1. The van der Waals surface area contributed by atoms with E-state index in [-0.39, 0.29) is 5.56 Å². The Morgan fingerprint density at radius 1 is 1.19 bits per heavy atom. The van der Waals surface area contributed by atoms with Crippen molar-refractivity contribution in [2.45, 2.75) is 6.61 Å². The number of halogens is 1. The smallest absolute Gasteiger partial charge is 0.250 e. The van der Waals surface area contributed by atoms with Gasteiger partial charge in [-0.05, 0) is 41.3 Å². The quantitative estimate of drug-likeness (QED) is 0.739. The lowest BCUT2D eigenvalue weighted by atomic mass is 10.1. The van der Waals surface area contributed by atoms with E-state index >= 15 is 0 Å². The van der Waals surface area contributed by atoms with Crippen LogP contribution in [0.4, 0.5) is 4.39 Å². The fourth-order valence-corrected chi connectivity index (χ4v) is 2.19. The summed E-state index contributed by atoms with van der Waals surface area (Å²) in [4.78, 5) is 11.6. The Morgan fingerprint density at radius 3 is 2.86 bits per heavy atom. The van der Waals surface area contributed by atoms with E-state index in [2.05, 4.69) is 6.07 Å². The van der Waals surface area contributed by atoms with Crippen molar-refractivity contribution in [2.75, 3.05) is 0 Å². The van der Waals surface area contributed by atoms with Crippen LogP contribution in [0.15, 0.2) is 53.3 Å². The fourth-order valence-electron chi connectivity index (χ4n) is 2.19. The Bertz CT molecular complexity index is 855. The summed E-state index contributed by atoms with van der Waals surface area (Å²) < 4.78 is 20.1. The molecule has 0 aliphatic heterocycles. The lowest BCUT2D eigenvalue weighted by molar-refractivity contribution is 0.304. The van der Waals surface area contributed by atoms with Gasteiger partial charge < -0.3 is 9.30 Å². The van der Waals surface area contributed by atoms with Gasteiger partial charge in [-0.25, -0.2) is 4.39 Å². The Balaban J connectivity index is 1.85. The summed E-state index contributed by atoms with van der Waals surface area (Å²) in [7, 11) is 1.74. The second-order valence-corrected chi connectivity index (χ2v) is 4.78. The van der Waals surface area contributed by atoms with E-state index < -0.39 is 5.82 Å². The molecule has 0 N–H and O–H groups in total. The lowest BCUT2D eigenvalue weighted by Crippen LogP contribution is -2.15. The van der Waals surface area contributed by atoms with Crippen molar-refractivity contribution in [3.63, 3.8) is 0 Å². The zero-order chi connectivity index (χ0) is 14.8. The number of pyridine rings is 1. The predicted octanol–water partition coefficient (Wildman–Crippen LogP) is 3.06. The predicted molar refractivity (Wildman–Crippen MR) is 78.8 cm³/mol. The van der Waals surface area contributed by atoms with Gasteiger partial charge in [-0.2, -0.15) is 0 Å². The number of rotatable bonds is 3. The molecule has 21 heavy (non-hydrogen) atoms. The van der Waals surface area contributed by atoms with Crippen LogP contribution in [0.25, 0.3) is 10.9 Å². The third-order valence-corrected chi connectivity index (χ3v) is 3.32. The summed E-state index contributed by atoms with van der Waals surface area (Å²) in [5.41, 5.74) is 1.77. The minimum absolute atomic E-state index is 0.0409. The summed E-state index contributed by atoms with van der Waals surface area (Å²) in [6, 6.07) is 16.1. The Hall–Kier alpha value is -2.62. The molecule has 2 aromatic carbocycles. The molecule has 4 heteroatoms. The zero-order valence-corrected chi connectivity index (χ0v) is 11.5. The minimum Gasteiger partial charge on any atom is -0.488 e. The molecule has 0 atom stereocenters. The van der Waals surface area contributed by atoms with E-state index in [1.54, 1.807) is 29.8 Å². The molecule has 0 spiro atoms. The van der Waals surface area contributed by atoms with Gasteiger partial charge >= 0.3 is 0 Å². The van der Waals surface area contributed by atoms with Crippen LogP contribution in [0, 0.1) is 11.9 Å². The molecule has 0 aliphatic rings. The van der Waals surface area contributed by atoms with Gasteiger partial charge in [0.1, 0.15) is 18.2 Å². The van der Waals surface area contributed by atoms with Crippen molar-refractivity contribution in [1.82, 2.24) is 4.57 Å². The Morgan fingerprint density at radius 2 is 2.05 bits per heavy atom. The highest BCUT2D eigenvalue weighted by molar-refractivity contribution is 5.79. The van der Waals surface area contributed by atoms with Crippen molar-refractivity contribution in [3.8, 4) is 5.75 Å². The molecule has 105 valence electrons. The average molecular weight is 282 g/mol. The Kier molecular flexibility index (Phi) is 3.44. The topological polar surface area (TPSA) is 31.2 Å². The fraction of sp³-hybridized carbons (Fsp3) is 0.118. The molecule has 3 rings (SSSR count). The van der Waals surface area contributed by atoms with Crippen molar-refractivity contribution >= 4 is 10.9 Å². The van der Waals surface area contributed by atoms with Crippen LogP contribution in [-0.4, -0.2) is 4.57 Å². The molecule has 3 aromatic rings. The molecule has 1 aromatic heterocycles. The molecule has 3 nitrogen and oxygen atoms in total. The van der Waals surface area contributed by atoms with Gasteiger partial charge in [-0.3, -0.25) is 4.79 Å². The highest BCUT2D eigenvalue weighted by Gasteiger charge is 2.02. The summed E-state index contributed by atoms with van der Waals surface area (Å²) in [5.74, 6) is -0.0726. The molecule has 1 radical (unpaired) electrons. The van der Waals surface area contributed by atoms with E-state index in [4.69, 9.17) is 4.74 Å². The largest absolute Gasteiger partial charge is 0.488 e. The number of hydrogen-bond donors (Lipinski definition) is 0. The maximum atomic E-state index is 13.0. The van der Waals surface area contributed by atoms with Gasteiger partial charge in [-0.1, -0.05) is 12.1 Å². The molecule has 0 saturated heterocycles. The number of benzene rings is 2. The van der Waals surface area contributed by atoms with E-state index in [1.165, 1.54) is 12.1 Å². The van der Waals surface area contributed by atoms with Crippen LogP contribution >= 0.6 is 0 Å². The normalized spacial score (nSPS) is 10.8. The van der Waals surface area contributed by atoms with Crippen LogP contribution in [0.3, 0.4) is 0 Å². The van der Waals surface area contributed by atoms with Gasteiger partial charge in [0.15, 0.2) is 0 Å². The summed E-state index contributed by atoms with van der Waals surface area (Å²) in [6.07, 6.45) is 0. The standard InChI is InChI=1S/C17H13FNO2/c1-19-16-7-5-12(9-13(16)6-8-17(19)20)11-21-15-4-2-3-14(18)10-15/h2-9H,11H2,1H3. The molecule has 1 heterocycles. The molecule has 0 amide bonds. The first-order valence-corrected chi connectivity index (χ1v) is 6.53. The number of aryl methyl sites for hydroxylation is 1. The van der Waals surface area contributed by atoms with Crippen molar-refractivity contribution in [3.05, 3.63) is 76.3 Å². The van der Waals surface area contributed by atoms with Crippen LogP contribution in [-0.2, 0) is 13.7 Å². The molecule has 0 unspecified atom stereocenters. The second kappa shape index (κ2) is 5.40. The third-order valence-electron chi connectivity index (χ3n) is 3.32. The Labute approximate surface area is 121 Å². The SMILES string of the molecule is Cn1c(=O)ccc2cc(COc3[c]c(F)ccc3)ccc21. The molecule has 0 fully saturated rings. The minimum atomic E-state index is -0.444. The molecule has 0 aliphatic carbocycles. The number of hydrogen-bond acceptors (Lipinski definition) is 2. The van der Waals surface area contributed by atoms with E-state index in [0.29, 0.717) is 12.4 Å². The van der Waals surface area contributed by atoms with E-state index in [0.717, 1.165) is 16.5 Å². The average Bonchev–Trinajstić information content (AvgIpc) is 2.49. The first-order valence-electron chi connectivity index (χ1n) is 6.53. The van der Waals surface area contributed by atoms with Gasteiger partial charge in [0.05, 0.1) is 11.6 Å². The maximum absolute atomic E-state index is 13.0. The van der Waals surface area contributed by atoms with E-state index in [1.807, 2.05) is 18.2 Å². The first kappa shape index (κ1) is 13.4. The van der Waals surface area contributed by atoms with Crippen LogP contribution in [0.1, 0.15) is 5.56 Å². The van der Waals surface area contributed by atoms with Gasteiger partial charge in [-0.15, -0.1) is 0 Å². The third kappa shape index (κ3) is 2.79. The monoisotopic (exact) mass is 282 g/mol. The second-order valence-electron chi connectivity index (χ2n) is 4.78. The number of aromatic nitrogens is 1.